The van der Waals surface area contributed by atoms with E-state index >= 15 is 0 Å². The van der Waals surface area contributed by atoms with Gasteiger partial charge in [-0.15, -0.1) is 0 Å². The molecule has 0 saturated carbocycles. The van der Waals surface area contributed by atoms with E-state index < -0.39 is 36.0 Å². The monoisotopic (exact) mass is 738 g/mol. The van der Waals surface area contributed by atoms with Gasteiger partial charge in [0.2, 0.25) is 0 Å². The average molecular weight is 739 g/mol. The highest BCUT2D eigenvalue weighted by atomic mass is 16.6. The highest BCUT2D eigenvalue weighted by molar-refractivity contribution is 5.89. The third kappa shape index (κ3) is 9.05. The molecule has 4 saturated heterocycles. The van der Waals surface area contributed by atoms with Gasteiger partial charge in [-0.2, -0.15) is 0 Å². The predicted molar refractivity (Wildman–Crippen MR) is 202 cm³/mol. The summed E-state index contributed by atoms with van der Waals surface area (Å²) in [6.07, 6.45) is 5.83. The summed E-state index contributed by atoms with van der Waals surface area (Å²) in [5, 5.41) is 5.34. The first kappa shape index (κ1) is 37.4. The van der Waals surface area contributed by atoms with E-state index in [1.54, 1.807) is 24.3 Å². The molecule has 7 rings (SSSR count). The highest BCUT2D eigenvalue weighted by Gasteiger charge is 2.42. The summed E-state index contributed by atoms with van der Waals surface area (Å²) in [7, 11) is 4.27. The minimum Gasteiger partial charge on any atom is -0.462 e. The Morgan fingerprint density at radius 1 is 0.574 bits per heavy atom. The molecule has 6 atom stereocenters. The maximum absolute atomic E-state index is 13.5. The fourth-order valence-corrected chi connectivity index (χ4v) is 8.68. The smallest absolute Gasteiger partial charge is 0.411 e. The number of hydrogen-bond acceptors (Lipinski definition) is 10. The van der Waals surface area contributed by atoms with Crippen molar-refractivity contribution in [3.8, 4) is 0 Å². The molecule has 2 N–H and O–H groups in total. The van der Waals surface area contributed by atoms with Crippen LogP contribution in [0.1, 0.15) is 74.3 Å². The number of ether oxygens (including phenoxy) is 4. The van der Waals surface area contributed by atoms with Crippen LogP contribution in [0, 0.1) is 0 Å². The highest BCUT2D eigenvalue weighted by Crippen LogP contribution is 2.37. The fraction of sp³-hybridized carbons (Fsp3) is 0.476. The average Bonchev–Trinajstić information content (AvgIpc) is 3.47. The summed E-state index contributed by atoms with van der Waals surface area (Å²) < 4.78 is 23.1. The predicted octanol–water partition coefficient (Wildman–Crippen LogP) is 6.69. The summed E-state index contributed by atoms with van der Waals surface area (Å²) in [4.78, 5) is 57.6. The molecule has 3 aromatic rings. The summed E-state index contributed by atoms with van der Waals surface area (Å²) >= 11 is 0. The molecular formula is C42H50N4O8. The van der Waals surface area contributed by atoms with Gasteiger partial charge < -0.3 is 28.7 Å². The Labute approximate surface area is 316 Å². The molecule has 286 valence electrons. The van der Waals surface area contributed by atoms with Gasteiger partial charge in [-0.1, -0.05) is 66.7 Å². The number of carbonyl (C=O) groups excluding carboxylic acids is 4. The second-order valence-corrected chi connectivity index (χ2v) is 15.1. The molecule has 3 aromatic carbocycles. The molecule has 0 aromatic heterocycles. The van der Waals surface area contributed by atoms with Crippen molar-refractivity contribution in [2.24, 2.45) is 0 Å². The number of fused-ring (bicyclic) bond motifs is 4. The van der Waals surface area contributed by atoms with Gasteiger partial charge in [-0.05, 0) is 94.8 Å². The van der Waals surface area contributed by atoms with Gasteiger partial charge in [0.1, 0.15) is 37.3 Å². The van der Waals surface area contributed by atoms with Crippen LogP contribution in [0.2, 0.25) is 0 Å². The maximum atomic E-state index is 13.5. The zero-order valence-corrected chi connectivity index (χ0v) is 30.9. The van der Waals surface area contributed by atoms with Crippen molar-refractivity contribution in [2.75, 3.05) is 37.9 Å². The molecule has 54 heavy (non-hydrogen) atoms. The Morgan fingerprint density at radius 3 is 1.31 bits per heavy atom. The van der Waals surface area contributed by atoms with Crippen LogP contribution in [0.3, 0.4) is 0 Å². The topological polar surface area (TPSA) is 136 Å². The van der Waals surface area contributed by atoms with Gasteiger partial charge >= 0.3 is 24.1 Å². The number of carbonyl (C=O) groups is 4. The Morgan fingerprint density at radius 2 is 0.944 bits per heavy atom. The van der Waals surface area contributed by atoms with Crippen LogP contribution in [0.4, 0.5) is 21.0 Å². The van der Waals surface area contributed by atoms with Gasteiger partial charge in [-0.25, -0.2) is 9.59 Å². The largest absolute Gasteiger partial charge is 0.462 e. The van der Waals surface area contributed by atoms with Crippen LogP contribution in [0.15, 0.2) is 84.9 Å². The molecule has 12 heteroatoms. The van der Waals surface area contributed by atoms with Crippen LogP contribution in [-0.2, 0) is 28.5 Å². The lowest BCUT2D eigenvalue weighted by atomic mass is 9.98. The Bertz CT molecular complexity index is 1620. The third-order valence-electron chi connectivity index (χ3n) is 11.8. The molecule has 6 unspecified atom stereocenters. The number of hydrogen-bond donors (Lipinski definition) is 2. The zero-order valence-electron chi connectivity index (χ0n) is 30.9. The van der Waals surface area contributed by atoms with Crippen molar-refractivity contribution in [1.29, 1.82) is 0 Å². The van der Waals surface area contributed by atoms with Crippen molar-refractivity contribution in [2.45, 2.75) is 99.6 Å². The van der Waals surface area contributed by atoms with Crippen molar-refractivity contribution in [1.82, 2.24) is 9.80 Å². The van der Waals surface area contributed by atoms with Gasteiger partial charge in [0.05, 0.1) is 0 Å². The molecule has 4 aliphatic rings. The summed E-state index contributed by atoms with van der Waals surface area (Å²) in [6, 6.07) is 26.5. The SMILES string of the molecule is CN1C2CCC1CC(OC(=O)C(COC(=O)Nc1cccc(NC(=O)OCC(C(=O)OC3CC4CCC(C3)N4C)c3ccccc3)c1)c1ccccc1)C2. The van der Waals surface area contributed by atoms with E-state index in [0.717, 1.165) is 51.4 Å². The van der Waals surface area contributed by atoms with Gasteiger partial charge in [0.15, 0.2) is 0 Å². The summed E-state index contributed by atoms with van der Waals surface area (Å²) in [5.74, 6) is -2.39. The van der Waals surface area contributed by atoms with E-state index in [1.807, 2.05) is 60.7 Å². The van der Waals surface area contributed by atoms with Crippen LogP contribution >= 0.6 is 0 Å². The molecular weight excluding hydrogens is 688 g/mol. The number of nitrogens with one attached hydrogen (secondary N) is 2. The molecule has 0 spiro atoms. The molecule has 12 nitrogen and oxygen atoms in total. The second-order valence-electron chi connectivity index (χ2n) is 15.1. The fourth-order valence-electron chi connectivity index (χ4n) is 8.68. The minimum absolute atomic E-state index is 0.162. The Hall–Kier alpha value is -4.94. The first-order valence-corrected chi connectivity index (χ1v) is 19.1. The van der Waals surface area contributed by atoms with Gasteiger partial charge in [0.25, 0.3) is 0 Å². The number of nitrogens with zero attached hydrogens (tertiary/aromatic N) is 2. The number of piperidine rings is 2. The van der Waals surface area contributed by atoms with E-state index in [4.69, 9.17) is 18.9 Å². The molecule has 4 heterocycles. The quantitative estimate of drug-likeness (QED) is 0.153. The first-order valence-electron chi connectivity index (χ1n) is 19.1. The zero-order chi connectivity index (χ0) is 37.6. The van der Waals surface area contributed by atoms with Crippen LogP contribution in [0.25, 0.3) is 0 Å². The normalized spacial score (nSPS) is 25.9. The molecule has 0 aliphatic carbocycles. The van der Waals surface area contributed by atoms with E-state index in [9.17, 15) is 19.2 Å². The van der Waals surface area contributed by atoms with E-state index in [2.05, 4.69) is 34.5 Å². The number of esters is 2. The number of anilines is 2. The summed E-state index contributed by atoms with van der Waals surface area (Å²) in [6.45, 7) is -0.412. The van der Waals surface area contributed by atoms with E-state index in [-0.39, 0.29) is 25.4 Å². The lowest BCUT2D eigenvalue weighted by Crippen LogP contribution is -2.44. The first-order chi connectivity index (χ1) is 26.2. The molecule has 4 fully saturated rings. The van der Waals surface area contributed by atoms with Crippen molar-refractivity contribution in [3.05, 3.63) is 96.1 Å². The Kier molecular flexibility index (Phi) is 11.8. The standard InChI is InChI=1S/C42H50N4O8/c1-45-31-16-17-32(45)22-35(21-31)53-39(47)37(27-10-5-3-6-11-27)25-51-41(49)43-29-14-9-15-30(20-29)44-42(50)52-26-38(28-12-7-4-8-13-28)40(48)54-36-23-33-18-19-34(24-36)46(33)2/h3-15,20,31-38H,16-19,21-26H2,1-2H3,(H,43,49)(H,44,50). The lowest BCUT2D eigenvalue weighted by molar-refractivity contribution is -0.156. The Balaban J connectivity index is 0.911. The van der Waals surface area contributed by atoms with Crippen LogP contribution < -0.4 is 10.6 Å². The van der Waals surface area contributed by atoms with Crippen LogP contribution in [0.5, 0.6) is 0 Å². The second kappa shape index (κ2) is 17.0. The van der Waals surface area contributed by atoms with E-state index in [1.165, 1.54) is 0 Å². The molecule has 4 aliphatic heterocycles. The van der Waals surface area contributed by atoms with Crippen molar-refractivity contribution in [3.63, 3.8) is 0 Å². The van der Waals surface area contributed by atoms with Crippen molar-refractivity contribution >= 4 is 35.5 Å². The summed E-state index contributed by atoms with van der Waals surface area (Å²) in [5.41, 5.74) is 2.12. The molecule has 2 amide bonds. The maximum Gasteiger partial charge on any atom is 0.411 e. The molecule has 0 radical (unpaired) electrons. The van der Waals surface area contributed by atoms with Gasteiger partial charge in [-0.3, -0.25) is 20.2 Å². The van der Waals surface area contributed by atoms with E-state index in [0.29, 0.717) is 46.7 Å². The van der Waals surface area contributed by atoms with Gasteiger partial charge in [0, 0.05) is 35.5 Å². The number of amides is 2. The lowest BCUT2D eigenvalue weighted by Gasteiger charge is -2.36. The molecule has 4 bridgehead atoms. The number of benzene rings is 3. The minimum atomic E-state index is -0.784. The van der Waals surface area contributed by atoms with Crippen LogP contribution in [-0.4, -0.2) is 97.6 Å². The van der Waals surface area contributed by atoms with Crippen molar-refractivity contribution < 1.29 is 38.1 Å². The third-order valence-corrected chi connectivity index (χ3v) is 11.8. The number of rotatable bonds is 12.